The maximum atomic E-state index is 3.57. The lowest BCUT2D eigenvalue weighted by Gasteiger charge is -2.17. The summed E-state index contributed by atoms with van der Waals surface area (Å²) in [5.41, 5.74) is 0. The van der Waals surface area contributed by atoms with Crippen molar-refractivity contribution in [1.82, 2.24) is 0 Å². The monoisotopic (exact) mass is 286 g/mol. The molecular weight excluding hydrogens is 272 g/mol. The van der Waals surface area contributed by atoms with Crippen molar-refractivity contribution in [2.45, 2.75) is 32.0 Å². The fourth-order valence-electron chi connectivity index (χ4n) is 0.765. The lowest BCUT2D eigenvalue weighted by Crippen LogP contribution is -2.27. The van der Waals surface area contributed by atoms with Gasteiger partial charge in [0.25, 0.3) is 0 Å². The minimum absolute atomic E-state index is 0.819. The van der Waals surface area contributed by atoms with E-state index in [0.29, 0.717) is 0 Å². The van der Waals surface area contributed by atoms with Crippen LogP contribution in [0.4, 0.5) is 0 Å². The van der Waals surface area contributed by atoms with Gasteiger partial charge in [0.15, 0.2) is 0 Å². The number of halogens is 2. The van der Waals surface area contributed by atoms with Gasteiger partial charge < -0.3 is 0 Å². The van der Waals surface area contributed by atoms with Crippen molar-refractivity contribution in [2.75, 3.05) is 10.3 Å². The molecule has 0 N–H and O–H groups in total. The SMILES string of the molecule is C[Si](C)(CBr)CCCCBr. The smallest absolute Gasteiger partial charge is 0.0587 e. The van der Waals surface area contributed by atoms with Crippen molar-refractivity contribution in [1.29, 1.82) is 0 Å². The maximum Gasteiger partial charge on any atom is 0.0587 e. The molecule has 0 aliphatic heterocycles. The van der Waals surface area contributed by atoms with E-state index in [-0.39, 0.29) is 0 Å². The van der Waals surface area contributed by atoms with Gasteiger partial charge in [0.05, 0.1) is 8.07 Å². The molecule has 0 saturated heterocycles. The fourth-order valence-corrected chi connectivity index (χ4v) is 3.34. The van der Waals surface area contributed by atoms with Gasteiger partial charge >= 0.3 is 0 Å². The molecule has 3 heteroatoms. The van der Waals surface area contributed by atoms with E-state index in [1.165, 1.54) is 29.2 Å². The Labute approximate surface area is 82.0 Å². The Balaban J connectivity index is 3.28. The first-order valence-corrected chi connectivity index (χ1v) is 9.40. The van der Waals surface area contributed by atoms with Crippen LogP contribution in [0, 0.1) is 0 Å². The zero-order chi connectivity index (χ0) is 8.04. The number of hydrogen-bond acceptors (Lipinski definition) is 0. The molecule has 0 unspecified atom stereocenters. The second-order valence-electron chi connectivity index (χ2n) is 3.44. The summed E-state index contributed by atoms with van der Waals surface area (Å²) in [5, 5.41) is 1.17. The molecule has 0 amide bonds. The highest BCUT2D eigenvalue weighted by atomic mass is 79.9. The van der Waals surface area contributed by atoms with Crippen LogP contribution in [0.2, 0.25) is 19.1 Å². The average Bonchev–Trinajstić information content (AvgIpc) is 1.89. The molecule has 0 aliphatic carbocycles. The summed E-state index contributed by atoms with van der Waals surface area (Å²) in [5.74, 6) is 0. The maximum absolute atomic E-state index is 3.57. The molecule has 0 heterocycles. The first kappa shape index (κ1) is 11.2. The van der Waals surface area contributed by atoms with E-state index in [1.807, 2.05) is 0 Å². The van der Waals surface area contributed by atoms with Gasteiger partial charge in [-0.3, -0.25) is 0 Å². The van der Waals surface area contributed by atoms with E-state index in [0.717, 1.165) is 0 Å². The highest BCUT2D eigenvalue weighted by Crippen LogP contribution is 2.16. The van der Waals surface area contributed by atoms with Gasteiger partial charge in [-0.2, -0.15) is 0 Å². The lowest BCUT2D eigenvalue weighted by atomic mass is 10.4. The number of hydrogen-bond donors (Lipinski definition) is 0. The highest BCUT2D eigenvalue weighted by molar-refractivity contribution is 9.09. The topological polar surface area (TPSA) is 0 Å². The van der Waals surface area contributed by atoms with Gasteiger partial charge in [0.1, 0.15) is 0 Å². The van der Waals surface area contributed by atoms with Crippen molar-refractivity contribution in [2.24, 2.45) is 0 Å². The standard InChI is InChI=1S/C7H16Br2Si/c1-10(2,7-9)6-4-3-5-8/h3-7H2,1-2H3. The zero-order valence-electron chi connectivity index (χ0n) is 6.79. The molecule has 0 aliphatic rings. The Kier molecular flexibility index (Phi) is 6.46. The number of alkyl halides is 2. The first-order chi connectivity index (χ1) is 4.62. The molecule has 0 atom stereocenters. The average molecular weight is 288 g/mol. The third kappa shape index (κ3) is 5.92. The van der Waals surface area contributed by atoms with Crippen LogP contribution < -0.4 is 0 Å². The van der Waals surface area contributed by atoms with Crippen LogP contribution in [0.1, 0.15) is 12.8 Å². The molecule has 0 saturated carbocycles. The molecule has 0 spiro atoms. The molecule has 0 aromatic carbocycles. The Hall–Kier alpha value is 1.18. The molecule has 62 valence electrons. The van der Waals surface area contributed by atoms with E-state index in [1.54, 1.807) is 0 Å². The van der Waals surface area contributed by atoms with Crippen LogP contribution in [0.3, 0.4) is 0 Å². The van der Waals surface area contributed by atoms with Crippen molar-refractivity contribution in [3.63, 3.8) is 0 Å². The Morgan fingerprint density at radius 1 is 1.10 bits per heavy atom. The highest BCUT2D eigenvalue weighted by Gasteiger charge is 2.17. The predicted molar refractivity (Wildman–Crippen MR) is 59.1 cm³/mol. The molecule has 0 fully saturated rings. The molecule has 0 aromatic rings. The molecule has 0 aromatic heterocycles. The third-order valence-corrected chi connectivity index (χ3v) is 9.14. The summed E-state index contributed by atoms with van der Waals surface area (Å²) in [6.45, 7) is 4.88. The van der Waals surface area contributed by atoms with Crippen molar-refractivity contribution in [3.8, 4) is 0 Å². The van der Waals surface area contributed by atoms with Crippen LogP contribution in [-0.4, -0.2) is 18.4 Å². The molecular formula is C7H16Br2Si. The largest absolute Gasteiger partial charge is 0.0962 e. The van der Waals surface area contributed by atoms with Crippen LogP contribution in [0.5, 0.6) is 0 Å². The van der Waals surface area contributed by atoms with Crippen LogP contribution in [0.25, 0.3) is 0 Å². The van der Waals surface area contributed by atoms with Gasteiger partial charge in [-0.25, -0.2) is 0 Å². The number of rotatable bonds is 5. The van der Waals surface area contributed by atoms with E-state index >= 15 is 0 Å². The second kappa shape index (κ2) is 5.78. The van der Waals surface area contributed by atoms with Crippen molar-refractivity contribution >= 4 is 39.9 Å². The summed E-state index contributed by atoms with van der Waals surface area (Å²) in [6.07, 6.45) is 2.74. The Morgan fingerprint density at radius 2 is 1.70 bits per heavy atom. The molecule has 0 bridgehead atoms. The molecule has 0 nitrogen and oxygen atoms in total. The van der Waals surface area contributed by atoms with Crippen LogP contribution in [0.15, 0.2) is 0 Å². The van der Waals surface area contributed by atoms with Gasteiger partial charge in [0.2, 0.25) is 0 Å². The summed E-state index contributed by atoms with van der Waals surface area (Å²) in [4.78, 5) is 1.25. The van der Waals surface area contributed by atoms with Crippen molar-refractivity contribution < 1.29 is 0 Å². The zero-order valence-corrected chi connectivity index (χ0v) is 11.0. The molecule has 10 heavy (non-hydrogen) atoms. The van der Waals surface area contributed by atoms with E-state index in [2.05, 4.69) is 45.0 Å². The van der Waals surface area contributed by atoms with Crippen LogP contribution in [-0.2, 0) is 0 Å². The molecule has 0 rings (SSSR count). The minimum Gasteiger partial charge on any atom is -0.0962 e. The summed E-state index contributed by atoms with van der Waals surface area (Å²) >= 11 is 7.02. The van der Waals surface area contributed by atoms with Gasteiger partial charge in [-0.15, -0.1) is 0 Å². The fraction of sp³-hybridized carbons (Fsp3) is 1.00. The number of unbranched alkanes of at least 4 members (excludes halogenated alkanes) is 1. The third-order valence-electron chi connectivity index (χ3n) is 1.60. The van der Waals surface area contributed by atoms with Gasteiger partial charge in [-0.05, 0) is 11.4 Å². The van der Waals surface area contributed by atoms with Crippen LogP contribution >= 0.6 is 31.9 Å². The summed E-state index contributed by atoms with van der Waals surface area (Å²) < 4.78 is 0. The quantitative estimate of drug-likeness (QED) is 0.410. The van der Waals surface area contributed by atoms with E-state index < -0.39 is 8.07 Å². The molecule has 0 radical (unpaired) electrons. The normalized spacial score (nSPS) is 12.0. The predicted octanol–water partition coefficient (Wildman–Crippen LogP) is 3.80. The summed E-state index contributed by atoms with van der Waals surface area (Å²) in [6, 6.07) is 1.46. The lowest BCUT2D eigenvalue weighted by molar-refractivity contribution is 0.883. The second-order valence-corrected chi connectivity index (χ2v) is 11.0. The first-order valence-electron chi connectivity index (χ1n) is 3.74. The Morgan fingerprint density at radius 3 is 2.10 bits per heavy atom. The summed E-state index contributed by atoms with van der Waals surface area (Å²) in [7, 11) is -0.819. The van der Waals surface area contributed by atoms with Crippen molar-refractivity contribution in [3.05, 3.63) is 0 Å². The van der Waals surface area contributed by atoms with Gasteiger partial charge in [-0.1, -0.05) is 57.4 Å². The van der Waals surface area contributed by atoms with Gasteiger partial charge in [0, 0.05) is 5.33 Å². The Bertz CT molecular complexity index is 83.7. The van der Waals surface area contributed by atoms with E-state index in [4.69, 9.17) is 0 Å². The minimum atomic E-state index is -0.819. The van der Waals surface area contributed by atoms with E-state index in [9.17, 15) is 0 Å².